The van der Waals surface area contributed by atoms with Crippen LogP contribution in [0.5, 0.6) is 0 Å². The second-order valence-corrected chi connectivity index (χ2v) is 7.38. The molecule has 0 spiro atoms. The SMILES string of the molecule is CC1=C(C)N(c2c(C)cc(C)cc2C)[N+]N1c1c(C)cc(C)cc1C. The van der Waals surface area contributed by atoms with E-state index >= 15 is 0 Å². The van der Waals surface area contributed by atoms with E-state index in [1.165, 1.54) is 56.1 Å². The molecule has 2 aromatic rings. The zero-order chi connectivity index (χ0) is 18.5. The quantitative estimate of drug-likeness (QED) is 0.718. The number of allylic oxidation sites excluding steroid dienone is 2. The Morgan fingerprint density at radius 2 is 0.800 bits per heavy atom. The Morgan fingerprint density at radius 3 is 1.08 bits per heavy atom. The van der Waals surface area contributed by atoms with Crippen LogP contribution in [-0.4, -0.2) is 0 Å². The van der Waals surface area contributed by atoms with E-state index in [1.54, 1.807) is 0 Å². The van der Waals surface area contributed by atoms with Gasteiger partial charge in [-0.15, -0.1) is 0 Å². The van der Waals surface area contributed by atoms with Gasteiger partial charge in [0.2, 0.25) is 0 Å². The summed E-state index contributed by atoms with van der Waals surface area (Å²) in [6, 6.07) is 8.91. The van der Waals surface area contributed by atoms with Crippen molar-refractivity contribution in [1.82, 2.24) is 5.53 Å². The summed E-state index contributed by atoms with van der Waals surface area (Å²) in [5.74, 6) is 0. The Kier molecular flexibility index (Phi) is 4.38. The highest BCUT2D eigenvalue weighted by molar-refractivity contribution is 5.70. The molecular formula is C22H28N3+. The van der Waals surface area contributed by atoms with Crippen LogP contribution in [0, 0.1) is 41.5 Å². The standard InChI is InChI=1S/C22H28N3/c1-13-9-15(3)21(16(4)10-13)24-19(7)20(8)25(23-24)22-17(5)11-14(2)12-18(22)6/h9-12H,1-8H3/q+1. The van der Waals surface area contributed by atoms with Gasteiger partial charge in [-0.05, 0) is 77.6 Å². The Labute approximate surface area is 151 Å². The van der Waals surface area contributed by atoms with Gasteiger partial charge in [0.05, 0.1) is 0 Å². The van der Waals surface area contributed by atoms with Crippen LogP contribution in [0.4, 0.5) is 11.4 Å². The van der Waals surface area contributed by atoms with E-state index in [4.69, 9.17) is 5.53 Å². The minimum absolute atomic E-state index is 1.18. The molecule has 3 heteroatoms. The highest BCUT2D eigenvalue weighted by Gasteiger charge is 2.44. The normalized spacial score (nSPS) is 14.7. The van der Waals surface area contributed by atoms with Crippen molar-refractivity contribution in [2.45, 2.75) is 55.4 Å². The molecule has 2 radical (unpaired) electrons. The fraction of sp³-hybridized carbons (Fsp3) is 0.364. The number of hydrogen-bond donors (Lipinski definition) is 0. The second kappa shape index (κ2) is 6.23. The lowest BCUT2D eigenvalue weighted by molar-refractivity contribution is 0.706. The molecule has 0 atom stereocenters. The molecule has 3 nitrogen and oxygen atoms in total. The van der Waals surface area contributed by atoms with Gasteiger partial charge in [0.1, 0.15) is 22.8 Å². The number of benzene rings is 2. The Hall–Kier alpha value is -2.26. The van der Waals surface area contributed by atoms with Gasteiger partial charge >= 0.3 is 5.53 Å². The summed E-state index contributed by atoms with van der Waals surface area (Å²) in [5.41, 5.74) is 17.3. The van der Waals surface area contributed by atoms with Gasteiger partial charge in [0.25, 0.3) is 0 Å². The average Bonchev–Trinajstić information content (AvgIpc) is 2.74. The summed E-state index contributed by atoms with van der Waals surface area (Å²) in [4.78, 5) is 0. The molecule has 0 aliphatic carbocycles. The largest absolute Gasteiger partial charge is 0.381 e. The molecule has 0 saturated carbocycles. The van der Waals surface area contributed by atoms with Crippen LogP contribution in [0.2, 0.25) is 0 Å². The van der Waals surface area contributed by atoms with Gasteiger partial charge < -0.3 is 0 Å². The molecule has 3 rings (SSSR count). The molecule has 0 unspecified atom stereocenters. The van der Waals surface area contributed by atoms with Crippen LogP contribution < -0.4 is 15.6 Å². The third-order valence-corrected chi connectivity index (χ3v) is 5.03. The molecule has 25 heavy (non-hydrogen) atoms. The van der Waals surface area contributed by atoms with Crippen molar-refractivity contribution in [3.63, 3.8) is 0 Å². The molecule has 0 saturated heterocycles. The Morgan fingerprint density at radius 1 is 0.520 bits per heavy atom. The minimum atomic E-state index is 1.18. The van der Waals surface area contributed by atoms with Crippen molar-refractivity contribution < 1.29 is 0 Å². The predicted octanol–water partition coefficient (Wildman–Crippen LogP) is 5.55. The van der Waals surface area contributed by atoms with E-state index in [-0.39, 0.29) is 0 Å². The van der Waals surface area contributed by atoms with Crippen LogP contribution in [0.15, 0.2) is 35.7 Å². The number of aryl methyl sites for hydroxylation is 6. The molecule has 0 bridgehead atoms. The zero-order valence-electron chi connectivity index (χ0n) is 16.7. The molecule has 0 amide bonds. The number of anilines is 2. The monoisotopic (exact) mass is 334 g/mol. The molecule has 1 aliphatic rings. The van der Waals surface area contributed by atoms with Crippen LogP contribution in [0.25, 0.3) is 0 Å². The van der Waals surface area contributed by atoms with Crippen LogP contribution in [0.3, 0.4) is 0 Å². The van der Waals surface area contributed by atoms with Crippen LogP contribution >= 0.6 is 0 Å². The fourth-order valence-electron chi connectivity index (χ4n) is 3.97. The summed E-state index contributed by atoms with van der Waals surface area (Å²) in [6.45, 7) is 17.2. The molecule has 1 heterocycles. The van der Waals surface area contributed by atoms with E-state index in [0.29, 0.717) is 0 Å². The molecular weight excluding hydrogens is 306 g/mol. The van der Waals surface area contributed by atoms with Gasteiger partial charge in [0.15, 0.2) is 0 Å². The molecule has 130 valence electrons. The van der Waals surface area contributed by atoms with Crippen molar-refractivity contribution in [2.75, 3.05) is 10.0 Å². The van der Waals surface area contributed by atoms with Crippen molar-refractivity contribution in [2.24, 2.45) is 0 Å². The smallest absolute Gasteiger partial charge is 0.0541 e. The lowest BCUT2D eigenvalue weighted by Gasteiger charge is -2.15. The summed E-state index contributed by atoms with van der Waals surface area (Å²) in [6.07, 6.45) is 0. The number of rotatable bonds is 2. The van der Waals surface area contributed by atoms with E-state index in [2.05, 4.69) is 89.7 Å². The average molecular weight is 334 g/mol. The van der Waals surface area contributed by atoms with Crippen molar-refractivity contribution in [3.05, 3.63) is 69.0 Å². The van der Waals surface area contributed by atoms with Crippen LogP contribution in [0.1, 0.15) is 47.2 Å². The predicted molar refractivity (Wildman–Crippen MR) is 107 cm³/mol. The fourth-order valence-corrected chi connectivity index (χ4v) is 3.97. The van der Waals surface area contributed by atoms with Crippen molar-refractivity contribution in [3.8, 4) is 0 Å². The van der Waals surface area contributed by atoms with E-state index < -0.39 is 0 Å². The number of nitrogens with zero attached hydrogens (tertiary/aromatic N) is 3. The first kappa shape index (κ1) is 17.6. The third kappa shape index (κ3) is 2.93. The molecule has 2 aromatic carbocycles. The first-order valence-corrected chi connectivity index (χ1v) is 8.85. The van der Waals surface area contributed by atoms with Gasteiger partial charge in [-0.3, -0.25) is 0 Å². The topological polar surface area (TPSA) is 20.6 Å². The van der Waals surface area contributed by atoms with E-state index in [0.717, 1.165) is 0 Å². The maximum Gasteiger partial charge on any atom is 0.381 e. The highest BCUT2D eigenvalue weighted by atomic mass is 15.8. The van der Waals surface area contributed by atoms with E-state index in [1.807, 2.05) is 0 Å². The highest BCUT2D eigenvalue weighted by Crippen LogP contribution is 2.37. The summed E-state index contributed by atoms with van der Waals surface area (Å²) >= 11 is 0. The van der Waals surface area contributed by atoms with Gasteiger partial charge in [-0.2, -0.15) is 0 Å². The molecule has 0 N–H and O–H groups in total. The first-order chi connectivity index (χ1) is 11.7. The first-order valence-electron chi connectivity index (χ1n) is 8.85. The number of hydrogen-bond acceptors (Lipinski definition) is 2. The van der Waals surface area contributed by atoms with Crippen molar-refractivity contribution in [1.29, 1.82) is 0 Å². The zero-order valence-corrected chi connectivity index (χ0v) is 16.7. The van der Waals surface area contributed by atoms with Gasteiger partial charge in [0, 0.05) is 0 Å². The van der Waals surface area contributed by atoms with Crippen LogP contribution in [-0.2, 0) is 0 Å². The lowest BCUT2D eigenvalue weighted by atomic mass is 10.0. The van der Waals surface area contributed by atoms with Crippen molar-refractivity contribution >= 4 is 11.4 Å². The van der Waals surface area contributed by atoms with E-state index in [9.17, 15) is 0 Å². The van der Waals surface area contributed by atoms with Gasteiger partial charge in [-0.1, -0.05) is 45.4 Å². The van der Waals surface area contributed by atoms with Gasteiger partial charge in [-0.25, -0.2) is 0 Å². The maximum atomic E-state index is 4.99. The minimum Gasteiger partial charge on any atom is -0.0541 e. The molecule has 1 aliphatic heterocycles. The second-order valence-electron chi connectivity index (χ2n) is 7.38. The molecule has 0 fully saturated rings. The summed E-state index contributed by atoms with van der Waals surface area (Å²) in [7, 11) is 0. The Balaban J connectivity index is 2.08. The summed E-state index contributed by atoms with van der Waals surface area (Å²) < 4.78 is 0. The lowest BCUT2D eigenvalue weighted by Crippen LogP contribution is -2.35. The Bertz CT molecular complexity index is 759. The molecule has 0 aromatic heterocycles. The third-order valence-electron chi connectivity index (χ3n) is 5.03. The maximum absolute atomic E-state index is 4.99. The summed E-state index contributed by atoms with van der Waals surface area (Å²) in [5, 5.41) is 4.19.